The van der Waals surface area contributed by atoms with Crippen LogP contribution >= 0.6 is 11.3 Å². The number of carbonyl (C=O) groups is 2. The van der Waals surface area contributed by atoms with Crippen LogP contribution < -0.4 is 14.8 Å². The van der Waals surface area contributed by atoms with Crippen LogP contribution in [0.5, 0.6) is 11.5 Å². The molecule has 0 atom stereocenters. The zero-order valence-corrected chi connectivity index (χ0v) is 21.6. The summed E-state index contributed by atoms with van der Waals surface area (Å²) < 4.78 is 10.6. The summed E-state index contributed by atoms with van der Waals surface area (Å²) in [4.78, 5) is 31.2. The fourth-order valence-electron chi connectivity index (χ4n) is 3.66. The van der Waals surface area contributed by atoms with E-state index in [1.165, 1.54) is 7.11 Å². The summed E-state index contributed by atoms with van der Waals surface area (Å²) in [5.41, 5.74) is 2.72. The third-order valence-corrected chi connectivity index (χ3v) is 6.64. The van der Waals surface area contributed by atoms with Crippen LogP contribution in [0.2, 0.25) is 0 Å². The van der Waals surface area contributed by atoms with Crippen molar-refractivity contribution in [3.63, 3.8) is 0 Å². The highest BCUT2D eigenvalue weighted by atomic mass is 32.1. The van der Waals surface area contributed by atoms with Gasteiger partial charge in [0.1, 0.15) is 18.0 Å². The SMILES string of the molecule is CCCN(CC(=O)N(Cc1ccccc1)Cc1sccc1C)C(=O)Nc1ccc(OC)cc1OC. The molecule has 2 aromatic carbocycles. The van der Waals surface area contributed by atoms with Crippen LogP contribution in [0, 0.1) is 6.92 Å². The maximum absolute atomic E-state index is 13.5. The Morgan fingerprint density at radius 1 is 0.971 bits per heavy atom. The van der Waals surface area contributed by atoms with Crippen LogP contribution in [0.3, 0.4) is 0 Å². The molecular weight excluding hydrogens is 462 g/mol. The van der Waals surface area contributed by atoms with E-state index >= 15 is 0 Å². The van der Waals surface area contributed by atoms with Crippen molar-refractivity contribution in [3.05, 3.63) is 76.0 Å². The van der Waals surface area contributed by atoms with E-state index in [4.69, 9.17) is 9.47 Å². The highest BCUT2D eigenvalue weighted by molar-refractivity contribution is 7.10. The Hall–Kier alpha value is -3.52. The standard InChI is InChI=1S/C27H33N3O4S/c1-5-14-29(27(32)28-23-12-11-22(33-3)16-24(23)34-4)19-26(31)30(17-21-9-7-6-8-10-21)18-25-20(2)13-15-35-25/h6-13,15-16H,5,14,17-19H2,1-4H3,(H,28,32). The number of aryl methyl sites for hydroxylation is 1. The molecule has 0 saturated carbocycles. The number of nitrogens with zero attached hydrogens (tertiary/aromatic N) is 2. The number of amides is 3. The van der Waals surface area contributed by atoms with E-state index in [0.29, 0.717) is 36.8 Å². The second kappa shape index (κ2) is 12.8. The molecule has 8 heteroatoms. The van der Waals surface area contributed by atoms with Crippen molar-refractivity contribution >= 4 is 29.0 Å². The van der Waals surface area contributed by atoms with Crippen molar-refractivity contribution in [1.82, 2.24) is 9.80 Å². The summed E-state index contributed by atoms with van der Waals surface area (Å²) in [5, 5.41) is 4.92. The van der Waals surface area contributed by atoms with Crippen molar-refractivity contribution in [1.29, 1.82) is 0 Å². The monoisotopic (exact) mass is 495 g/mol. The Kier molecular flexibility index (Phi) is 9.55. The summed E-state index contributed by atoms with van der Waals surface area (Å²) in [6.45, 7) is 5.45. The Labute approximate surface area is 211 Å². The van der Waals surface area contributed by atoms with Crippen LogP contribution in [0.15, 0.2) is 60.0 Å². The van der Waals surface area contributed by atoms with Crippen LogP contribution in [0.1, 0.15) is 29.3 Å². The van der Waals surface area contributed by atoms with Gasteiger partial charge in [-0.2, -0.15) is 0 Å². The number of thiophene rings is 1. The number of ether oxygens (including phenoxy) is 2. The maximum atomic E-state index is 13.5. The first-order valence-corrected chi connectivity index (χ1v) is 12.5. The van der Waals surface area contributed by atoms with Gasteiger partial charge in [0, 0.05) is 24.0 Å². The Morgan fingerprint density at radius 2 is 1.74 bits per heavy atom. The Bertz CT molecular complexity index is 1120. The molecule has 0 radical (unpaired) electrons. The van der Waals surface area contributed by atoms with E-state index < -0.39 is 0 Å². The fourth-order valence-corrected chi connectivity index (χ4v) is 4.58. The van der Waals surface area contributed by atoms with E-state index in [-0.39, 0.29) is 18.5 Å². The van der Waals surface area contributed by atoms with Gasteiger partial charge in [-0.3, -0.25) is 4.79 Å². The van der Waals surface area contributed by atoms with Gasteiger partial charge >= 0.3 is 6.03 Å². The molecule has 7 nitrogen and oxygen atoms in total. The largest absolute Gasteiger partial charge is 0.497 e. The zero-order valence-electron chi connectivity index (χ0n) is 20.7. The van der Waals surface area contributed by atoms with E-state index in [0.717, 1.165) is 22.4 Å². The topological polar surface area (TPSA) is 71.1 Å². The fraction of sp³-hybridized carbons (Fsp3) is 0.333. The molecule has 3 aromatic rings. The van der Waals surface area contributed by atoms with Gasteiger partial charge in [-0.25, -0.2) is 4.79 Å². The number of nitrogens with one attached hydrogen (secondary N) is 1. The number of rotatable bonds is 11. The minimum absolute atomic E-state index is 0.0185. The normalized spacial score (nSPS) is 10.5. The van der Waals surface area contributed by atoms with Gasteiger partial charge in [-0.05, 0) is 48.1 Å². The van der Waals surface area contributed by atoms with Crippen LogP contribution in [-0.4, -0.2) is 49.0 Å². The van der Waals surface area contributed by atoms with Gasteiger partial charge in [-0.15, -0.1) is 11.3 Å². The summed E-state index contributed by atoms with van der Waals surface area (Å²) in [6.07, 6.45) is 0.725. The minimum atomic E-state index is -0.351. The third-order valence-electron chi connectivity index (χ3n) is 5.63. The van der Waals surface area contributed by atoms with Crippen molar-refractivity contribution in [2.45, 2.75) is 33.4 Å². The first-order valence-electron chi connectivity index (χ1n) is 11.6. The molecule has 1 aromatic heterocycles. The number of carbonyl (C=O) groups excluding carboxylic acids is 2. The number of hydrogen-bond donors (Lipinski definition) is 1. The number of urea groups is 1. The first kappa shape index (κ1) is 26.1. The van der Waals surface area contributed by atoms with Gasteiger partial charge in [0.05, 0.1) is 26.5 Å². The highest BCUT2D eigenvalue weighted by Crippen LogP contribution is 2.29. The minimum Gasteiger partial charge on any atom is -0.497 e. The summed E-state index contributed by atoms with van der Waals surface area (Å²) in [7, 11) is 3.10. The van der Waals surface area contributed by atoms with Crippen LogP contribution in [-0.2, 0) is 17.9 Å². The average Bonchev–Trinajstić information content (AvgIpc) is 3.28. The average molecular weight is 496 g/mol. The predicted octanol–water partition coefficient (Wildman–Crippen LogP) is 5.55. The molecule has 35 heavy (non-hydrogen) atoms. The van der Waals surface area contributed by atoms with E-state index in [2.05, 4.69) is 18.3 Å². The van der Waals surface area contributed by atoms with Crippen LogP contribution in [0.4, 0.5) is 10.5 Å². The molecule has 3 rings (SSSR count). The molecule has 0 saturated heterocycles. The zero-order chi connectivity index (χ0) is 25.2. The van der Waals surface area contributed by atoms with Gasteiger partial charge in [0.2, 0.25) is 5.91 Å². The molecule has 1 N–H and O–H groups in total. The first-order chi connectivity index (χ1) is 16.9. The molecule has 0 aliphatic rings. The van der Waals surface area contributed by atoms with Gasteiger partial charge in [0.25, 0.3) is 0 Å². The Morgan fingerprint density at radius 3 is 2.37 bits per heavy atom. The van der Waals surface area contributed by atoms with E-state index in [9.17, 15) is 9.59 Å². The lowest BCUT2D eigenvalue weighted by atomic mass is 10.2. The summed E-state index contributed by atoms with van der Waals surface area (Å²) in [6, 6.07) is 16.8. The smallest absolute Gasteiger partial charge is 0.322 e. The quantitative estimate of drug-likeness (QED) is 0.379. The molecule has 0 aliphatic carbocycles. The molecule has 0 spiro atoms. The van der Waals surface area contributed by atoms with Crippen molar-refractivity contribution in [2.75, 3.05) is 32.6 Å². The van der Waals surface area contributed by atoms with E-state index in [1.54, 1.807) is 41.5 Å². The number of methoxy groups -OCH3 is 2. The predicted molar refractivity (Wildman–Crippen MR) is 140 cm³/mol. The second-order valence-electron chi connectivity index (χ2n) is 8.18. The molecule has 0 unspecified atom stereocenters. The number of benzene rings is 2. The van der Waals surface area contributed by atoms with Crippen molar-refractivity contribution in [2.24, 2.45) is 0 Å². The van der Waals surface area contributed by atoms with Gasteiger partial charge in [-0.1, -0.05) is 37.3 Å². The molecule has 1 heterocycles. The molecule has 0 fully saturated rings. The number of hydrogen-bond acceptors (Lipinski definition) is 5. The number of anilines is 1. The molecular formula is C27H33N3O4S. The van der Waals surface area contributed by atoms with Gasteiger partial charge < -0.3 is 24.6 Å². The molecule has 3 amide bonds. The third kappa shape index (κ3) is 7.23. The van der Waals surface area contributed by atoms with Crippen LogP contribution in [0.25, 0.3) is 0 Å². The lowest BCUT2D eigenvalue weighted by molar-refractivity contribution is -0.133. The van der Waals surface area contributed by atoms with Crippen molar-refractivity contribution in [3.8, 4) is 11.5 Å². The Balaban J connectivity index is 1.77. The highest BCUT2D eigenvalue weighted by Gasteiger charge is 2.23. The molecule has 186 valence electrons. The lowest BCUT2D eigenvalue weighted by Crippen LogP contribution is -2.44. The van der Waals surface area contributed by atoms with E-state index in [1.807, 2.05) is 47.5 Å². The second-order valence-corrected chi connectivity index (χ2v) is 9.18. The molecule has 0 bridgehead atoms. The van der Waals surface area contributed by atoms with Crippen molar-refractivity contribution < 1.29 is 19.1 Å². The summed E-state index contributed by atoms with van der Waals surface area (Å²) in [5.74, 6) is 1.01. The molecule has 0 aliphatic heterocycles. The summed E-state index contributed by atoms with van der Waals surface area (Å²) >= 11 is 1.64. The maximum Gasteiger partial charge on any atom is 0.322 e. The lowest BCUT2D eigenvalue weighted by Gasteiger charge is -2.28. The van der Waals surface area contributed by atoms with Gasteiger partial charge in [0.15, 0.2) is 0 Å².